The molecule has 0 aromatic carbocycles. The first-order valence-electron chi connectivity index (χ1n) is 3.14. The molecular weight excluding hydrogens is 187 g/mol. The molecular formula is C7H6F3NO2. The van der Waals surface area contributed by atoms with Gasteiger partial charge in [-0.25, -0.2) is 18.0 Å². The van der Waals surface area contributed by atoms with Crippen LogP contribution >= 0.6 is 0 Å². The monoisotopic (exact) mass is 193 g/mol. The third-order valence-corrected chi connectivity index (χ3v) is 1.20. The van der Waals surface area contributed by atoms with Crippen LogP contribution in [-0.4, -0.2) is 23.2 Å². The molecule has 0 saturated heterocycles. The van der Waals surface area contributed by atoms with Crippen LogP contribution in [0.15, 0.2) is 11.6 Å². The van der Waals surface area contributed by atoms with Gasteiger partial charge in [-0.2, -0.15) is 5.26 Å². The molecule has 1 N–H and O–H groups in total. The maximum atomic E-state index is 12.8. The average Bonchev–Trinajstić information content (AvgIpc) is 1.99. The van der Waals surface area contributed by atoms with Crippen LogP contribution < -0.4 is 0 Å². The Morgan fingerprint density at radius 3 is 2.38 bits per heavy atom. The second-order valence-corrected chi connectivity index (χ2v) is 2.43. The molecule has 0 heterocycles. The van der Waals surface area contributed by atoms with E-state index in [9.17, 15) is 18.0 Å². The lowest BCUT2D eigenvalue weighted by Crippen LogP contribution is -2.26. The number of halogens is 3. The first kappa shape index (κ1) is 11.5. The van der Waals surface area contributed by atoms with E-state index in [1.54, 1.807) is 0 Å². The Morgan fingerprint density at radius 2 is 2.15 bits per heavy atom. The fourth-order valence-electron chi connectivity index (χ4n) is 0.487. The summed E-state index contributed by atoms with van der Waals surface area (Å²) in [5, 5.41) is 16.3. The van der Waals surface area contributed by atoms with Gasteiger partial charge in [0.2, 0.25) is 0 Å². The molecule has 0 fully saturated rings. The van der Waals surface area contributed by atoms with Crippen molar-refractivity contribution in [2.24, 2.45) is 0 Å². The van der Waals surface area contributed by atoms with Crippen LogP contribution in [0.5, 0.6) is 0 Å². The standard InChI is InChI=1S/C7H6F3NO2/c1-7(10,6(8)9)2-4(3-11)5(12)13/h2,6H,1H3,(H,12,13). The lowest BCUT2D eigenvalue weighted by molar-refractivity contribution is -0.132. The molecule has 0 aliphatic carbocycles. The summed E-state index contributed by atoms with van der Waals surface area (Å²) in [6.07, 6.45) is -3.27. The number of allylic oxidation sites excluding steroid dienone is 1. The van der Waals surface area contributed by atoms with Crippen molar-refractivity contribution in [1.29, 1.82) is 5.26 Å². The third kappa shape index (κ3) is 3.15. The van der Waals surface area contributed by atoms with Crippen LogP contribution in [0.4, 0.5) is 13.2 Å². The molecule has 0 bridgehead atoms. The molecule has 0 aliphatic rings. The first-order chi connectivity index (χ1) is 5.81. The Labute approximate surface area is 72.1 Å². The molecule has 6 heteroatoms. The number of nitriles is 1. The van der Waals surface area contributed by atoms with Gasteiger partial charge in [-0.3, -0.25) is 0 Å². The summed E-state index contributed by atoms with van der Waals surface area (Å²) in [4.78, 5) is 10.1. The van der Waals surface area contributed by atoms with Crippen LogP contribution in [0, 0.1) is 11.3 Å². The van der Waals surface area contributed by atoms with Gasteiger partial charge < -0.3 is 5.11 Å². The summed E-state index contributed by atoms with van der Waals surface area (Å²) >= 11 is 0. The van der Waals surface area contributed by atoms with Gasteiger partial charge in [0.1, 0.15) is 11.6 Å². The summed E-state index contributed by atoms with van der Waals surface area (Å²) in [6.45, 7) is 0.498. The molecule has 0 aliphatic heterocycles. The Morgan fingerprint density at radius 1 is 1.69 bits per heavy atom. The molecule has 72 valence electrons. The summed E-state index contributed by atoms with van der Waals surface area (Å²) in [6, 6.07) is 1.10. The summed E-state index contributed by atoms with van der Waals surface area (Å²) < 4.78 is 36.5. The van der Waals surface area contributed by atoms with Gasteiger partial charge in [0.15, 0.2) is 5.67 Å². The lowest BCUT2D eigenvalue weighted by atomic mass is 10.1. The quantitative estimate of drug-likeness (QED) is 0.545. The van der Waals surface area contributed by atoms with Crippen molar-refractivity contribution < 1.29 is 23.1 Å². The molecule has 0 saturated carbocycles. The molecule has 0 amide bonds. The van der Waals surface area contributed by atoms with E-state index in [0.717, 1.165) is 6.07 Å². The van der Waals surface area contributed by atoms with E-state index in [0.29, 0.717) is 6.92 Å². The predicted octanol–water partition coefficient (Wildman–Crippen LogP) is 1.51. The average molecular weight is 193 g/mol. The third-order valence-electron chi connectivity index (χ3n) is 1.20. The van der Waals surface area contributed by atoms with Crippen molar-refractivity contribution in [2.45, 2.75) is 19.0 Å². The maximum Gasteiger partial charge on any atom is 0.346 e. The Balaban J connectivity index is 4.92. The van der Waals surface area contributed by atoms with Gasteiger partial charge in [-0.05, 0) is 13.0 Å². The van der Waals surface area contributed by atoms with E-state index >= 15 is 0 Å². The predicted molar refractivity (Wildman–Crippen MR) is 36.8 cm³/mol. The number of aliphatic carboxylic acids is 1. The molecule has 0 aromatic rings. The van der Waals surface area contributed by atoms with E-state index in [2.05, 4.69) is 0 Å². The maximum absolute atomic E-state index is 12.8. The van der Waals surface area contributed by atoms with E-state index in [4.69, 9.17) is 10.4 Å². The van der Waals surface area contributed by atoms with Crippen molar-refractivity contribution >= 4 is 5.97 Å². The number of nitrogens with zero attached hydrogens (tertiary/aromatic N) is 1. The molecule has 1 unspecified atom stereocenters. The highest BCUT2D eigenvalue weighted by molar-refractivity contribution is 5.91. The zero-order valence-electron chi connectivity index (χ0n) is 6.59. The Kier molecular flexibility index (Phi) is 3.48. The van der Waals surface area contributed by atoms with E-state index in [-0.39, 0.29) is 6.08 Å². The van der Waals surface area contributed by atoms with Crippen molar-refractivity contribution in [3.8, 4) is 6.07 Å². The molecule has 1 atom stereocenters. The fraction of sp³-hybridized carbons (Fsp3) is 0.429. The number of carboxylic acids is 1. The van der Waals surface area contributed by atoms with Crippen molar-refractivity contribution in [1.82, 2.24) is 0 Å². The van der Waals surface area contributed by atoms with E-state index in [1.165, 1.54) is 0 Å². The van der Waals surface area contributed by atoms with Gasteiger partial charge in [0.25, 0.3) is 6.43 Å². The molecule has 0 rings (SSSR count). The minimum atomic E-state index is -3.37. The minimum Gasteiger partial charge on any atom is -0.477 e. The molecule has 0 spiro atoms. The number of hydrogen-bond acceptors (Lipinski definition) is 2. The number of hydrogen-bond donors (Lipinski definition) is 1. The minimum absolute atomic E-state index is 0.0972. The summed E-state index contributed by atoms with van der Waals surface area (Å²) in [5.41, 5.74) is -4.13. The van der Waals surface area contributed by atoms with Gasteiger partial charge in [0, 0.05) is 0 Å². The summed E-state index contributed by atoms with van der Waals surface area (Å²) in [5.74, 6) is -1.73. The van der Waals surface area contributed by atoms with Gasteiger partial charge in [-0.15, -0.1) is 0 Å². The van der Waals surface area contributed by atoms with Crippen molar-refractivity contribution in [3.63, 3.8) is 0 Å². The van der Waals surface area contributed by atoms with E-state index < -0.39 is 23.6 Å². The molecule has 0 radical (unpaired) electrons. The highest BCUT2D eigenvalue weighted by atomic mass is 19.3. The zero-order valence-corrected chi connectivity index (χ0v) is 6.59. The Bertz CT molecular complexity index is 278. The number of alkyl halides is 3. The van der Waals surface area contributed by atoms with Crippen LogP contribution in [0.1, 0.15) is 6.92 Å². The number of carboxylic acid groups (broad SMARTS) is 1. The SMILES string of the molecule is CC(F)(C=C(C#N)C(=O)O)C(F)F. The number of rotatable bonds is 3. The molecule has 13 heavy (non-hydrogen) atoms. The zero-order chi connectivity index (χ0) is 10.6. The van der Waals surface area contributed by atoms with Crippen LogP contribution in [-0.2, 0) is 4.79 Å². The van der Waals surface area contributed by atoms with Crippen molar-refractivity contribution in [2.75, 3.05) is 0 Å². The topological polar surface area (TPSA) is 61.1 Å². The number of carbonyl (C=O) groups is 1. The smallest absolute Gasteiger partial charge is 0.346 e. The first-order valence-corrected chi connectivity index (χ1v) is 3.14. The highest BCUT2D eigenvalue weighted by Gasteiger charge is 2.34. The molecule has 0 aromatic heterocycles. The Hall–Kier alpha value is -1.51. The van der Waals surface area contributed by atoms with Gasteiger partial charge in [-0.1, -0.05) is 0 Å². The van der Waals surface area contributed by atoms with Gasteiger partial charge in [0.05, 0.1) is 0 Å². The van der Waals surface area contributed by atoms with Crippen LogP contribution in [0.3, 0.4) is 0 Å². The normalized spacial score (nSPS) is 16.5. The molecule has 3 nitrogen and oxygen atoms in total. The van der Waals surface area contributed by atoms with Crippen LogP contribution in [0.25, 0.3) is 0 Å². The second kappa shape index (κ2) is 3.94. The fourth-order valence-corrected chi connectivity index (χ4v) is 0.487. The highest BCUT2D eigenvalue weighted by Crippen LogP contribution is 2.23. The summed E-state index contributed by atoms with van der Waals surface area (Å²) in [7, 11) is 0. The second-order valence-electron chi connectivity index (χ2n) is 2.43. The lowest BCUT2D eigenvalue weighted by Gasteiger charge is -2.13. The van der Waals surface area contributed by atoms with Gasteiger partial charge >= 0.3 is 5.97 Å². The van der Waals surface area contributed by atoms with Crippen LogP contribution in [0.2, 0.25) is 0 Å². The van der Waals surface area contributed by atoms with Crippen molar-refractivity contribution in [3.05, 3.63) is 11.6 Å². The largest absolute Gasteiger partial charge is 0.477 e. The van der Waals surface area contributed by atoms with E-state index in [1.807, 2.05) is 0 Å².